The molecular weight excluding hydrogens is 640 g/mol. The van der Waals surface area contributed by atoms with Crippen LogP contribution in [0.2, 0.25) is 0 Å². The summed E-state index contributed by atoms with van der Waals surface area (Å²) in [5.41, 5.74) is 4.50. The van der Waals surface area contributed by atoms with Gasteiger partial charge in [-0.05, 0) is 97.2 Å². The van der Waals surface area contributed by atoms with Crippen molar-refractivity contribution < 1.29 is 35.4 Å². The van der Waals surface area contributed by atoms with E-state index in [2.05, 4.69) is 19.1 Å². The van der Waals surface area contributed by atoms with Crippen molar-refractivity contribution in [3.63, 3.8) is 0 Å². The predicted molar refractivity (Wildman–Crippen MR) is 203 cm³/mol. The number of Topliss-reactive ketones (excluding diaryl/α,β-unsaturated/α-hetero) is 1. The standard InChI is InChI=1S/C44H44O7/c1-24(28-13-7-5-8-14-28)12-11-17-30-31-20-26(3)38(42(49)33(31)22-36(46)41(30)48)39-27(4)21-32-34(43(39)50)23-37(47)44(51)40(32)35(45)19-18-25(2)29-15-9-6-10-16-29/h5-10,13-16,20-25,46-51H,11-12,17-19H2,1-4H3/t24-,25-/m0/s1. The lowest BCUT2D eigenvalue weighted by Crippen LogP contribution is -2.05. The molecule has 7 nitrogen and oxygen atoms in total. The highest BCUT2D eigenvalue weighted by atomic mass is 16.3. The van der Waals surface area contributed by atoms with Crippen molar-refractivity contribution in [2.75, 3.05) is 0 Å². The molecule has 0 radical (unpaired) electrons. The first kappa shape index (κ1) is 35.1. The molecule has 51 heavy (non-hydrogen) atoms. The van der Waals surface area contributed by atoms with Gasteiger partial charge in [-0.1, -0.05) is 80.6 Å². The van der Waals surface area contributed by atoms with E-state index in [4.69, 9.17) is 0 Å². The average molecular weight is 685 g/mol. The summed E-state index contributed by atoms with van der Waals surface area (Å²) in [7, 11) is 0. The molecule has 7 heteroatoms. The SMILES string of the molecule is Cc1cc2c(CCC[C@H](C)c3ccccc3)c(O)c(O)cc2c(O)c1-c1c(C)cc2c(C(=O)CC[C@H](C)c3ccccc3)c(O)c(O)cc2c1O. The minimum absolute atomic E-state index is 0.0683. The van der Waals surface area contributed by atoms with Crippen LogP contribution in [0.4, 0.5) is 0 Å². The fraction of sp³-hybridized carbons (Fsp3) is 0.250. The third-order valence-electron chi connectivity index (χ3n) is 10.4. The minimum atomic E-state index is -0.544. The number of hydrogen-bond acceptors (Lipinski definition) is 7. The summed E-state index contributed by atoms with van der Waals surface area (Å²) in [5, 5.41) is 68.4. The first-order valence-electron chi connectivity index (χ1n) is 17.4. The lowest BCUT2D eigenvalue weighted by atomic mass is 9.86. The van der Waals surface area contributed by atoms with Gasteiger partial charge in [-0.15, -0.1) is 0 Å². The van der Waals surface area contributed by atoms with Crippen molar-refractivity contribution in [2.45, 2.75) is 71.6 Å². The van der Waals surface area contributed by atoms with Gasteiger partial charge in [0.05, 0.1) is 5.56 Å². The van der Waals surface area contributed by atoms with Crippen LogP contribution in [0.5, 0.6) is 34.5 Å². The van der Waals surface area contributed by atoms with Gasteiger partial charge in [0.15, 0.2) is 28.8 Å². The number of aryl methyl sites for hydroxylation is 3. The lowest BCUT2D eigenvalue weighted by molar-refractivity contribution is 0.0976. The Hall–Kier alpha value is -5.69. The van der Waals surface area contributed by atoms with Crippen molar-refractivity contribution in [2.24, 2.45) is 0 Å². The van der Waals surface area contributed by atoms with Crippen LogP contribution in [-0.4, -0.2) is 36.4 Å². The fourth-order valence-electron chi connectivity index (χ4n) is 7.45. The number of benzene rings is 6. The molecule has 0 aliphatic carbocycles. The second kappa shape index (κ2) is 14.3. The van der Waals surface area contributed by atoms with Crippen molar-refractivity contribution in [3.05, 3.63) is 118 Å². The summed E-state index contributed by atoms with van der Waals surface area (Å²) in [6, 6.07) is 26.1. The van der Waals surface area contributed by atoms with Gasteiger partial charge in [0, 0.05) is 39.3 Å². The van der Waals surface area contributed by atoms with Crippen LogP contribution in [-0.2, 0) is 6.42 Å². The zero-order valence-electron chi connectivity index (χ0n) is 29.4. The number of aromatic hydroxyl groups is 6. The third-order valence-corrected chi connectivity index (χ3v) is 10.4. The first-order valence-corrected chi connectivity index (χ1v) is 17.4. The van der Waals surface area contributed by atoms with Crippen LogP contribution in [0.3, 0.4) is 0 Å². The molecule has 0 bridgehead atoms. The maximum Gasteiger partial charge on any atom is 0.169 e. The van der Waals surface area contributed by atoms with Crippen LogP contribution < -0.4 is 0 Å². The zero-order chi connectivity index (χ0) is 36.6. The van der Waals surface area contributed by atoms with E-state index in [1.165, 1.54) is 17.7 Å². The van der Waals surface area contributed by atoms with Gasteiger partial charge in [-0.2, -0.15) is 0 Å². The lowest BCUT2D eigenvalue weighted by Gasteiger charge is -2.20. The highest BCUT2D eigenvalue weighted by Gasteiger charge is 2.27. The average Bonchev–Trinajstić information content (AvgIpc) is 3.12. The molecule has 0 unspecified atom stereocenters. The van der Waals surface area contributed by atoms with Gasteiger partial charge < -0.3 is 30.6 Å². The van der Waals surface area contributed by atoms with Crippen LogP contribution >= 0.6 is 0 Å². The largest absolute Gasteiger partial charge is 0.507 e. The second-order valence-electron chi connectivity index (χ2n) is 13.8. The summed E-state index contributed by atoms with van der Waals surface area (Å²) < 4.78 is 0. The number of carbonyl (C=O) groups is 1. The molecule has 0 spiro atoms. The maximum atomic E-state index is 13.6. The summed E-state index contributed by atoms with van der Waals surface area (Å²) in [5.74, 6) is -2.12. The van der Waals surface area contributed by atoms with Gasteiger partial charge in [-0.3, -0.25) is 4.79 Å². The van der Waals surface area contributed by atoms with E-state index in [0.717, 1.165) is 18.4 Å². The van der Waals surface area contributed by atoms with Crippen LogP contribution in [0.1, 0.15) is 89.5 Å². The summed E-state index contributed by atoms with van der Waals surface area (Å²) in [6.07, 6.45) is 2.68. The molecule has 0 fully saturated rings. The quantitative estimate of drug-likeness (QED) is 0.0590. The second-order valence-corrected chi connectivity index (χ2v) is 13.8. The number of rotatable bonds is 11. The number of hydrogen-bond donors (Lipinski definition) is 6. The molecule has 2 atom stereocenters. The van der Waals surface area contributed by atoms with Crippen LogP contribution in [0.25, 0.3) is 32.7 Å². The Kier molecular flexibility index (Phi) is 9.84. The van der Waals surface area contributed by atoms with Crippen LogP contribution in [0.15, 0.2) is 84.9 Å². The summed E-state index contributed by atoms with van der Waals surface area (Å²) in [6.45, 7) is 7.71. The van der Waals surface area contributed by atoms with E-state index in [1.54, 1.807) is 19.9 Å². The number of phenols is 6. The van der Waals surface area contributed by atoms with E-state index in [1.807, 2.05) is 61.5 Å². The fourth-order valence-corrected chi connectivity index (χ4v) is 7.45. The van der Waals surface area contributed by atoms with Crippen molar-refractivity contribution >= 4 is 27.3 Å². The van der Waals surface area contributed by atoms with E-state index in [-0.39, 0.29) is 63.0 Å². The molecule has 0 saturated heterocycles. The topological polar surface area (TPSA) is 138 Å². The van der Waals surface area contributed by atoms with E-state index < -0.39 is 11.5 Å². The van der Waals surface area contributed by atoms with Gasteiger partial charge >= 0.3 is 0 Å². The molecule has 0 saturated carbocycles. The Balaban J connectivity index is 1.39. The molecule has 0 heterocycles. The highest BCUT2D eigenvalue weighted by molar-refractivity contribution is 6.14. The first-order chi connectivity index (χ1) is 24.4. The van der Waals surface area contributed by atoms with Crippen molar-refractivity contribution in [3.8, 4) is 45.6 Å². The number of phenolic OH excluding ortho intramolecular Hbond substituents is 6. The van der Waals surface area contributed by atoms with Crippen molar-refractivity contribution in [1.29, 1.82) is 0 Å². The Morgan fingerprint density at radius 1 is 0.569 bits per heavy atom. The van der Waals surface area contributed by atoms with E-state index in [9.17, 15) is 35.4 Å². The molecule has 6 N–H and O–H groups in total. The van der Waals surface area contributed by atoms with Gasteiger partial charge in [0.2, 0.25) is 0 Å². The predicted octanol–water partition coefficient (Wildman–Crippen LogP) is 10.4. The molecule has 6 aromatic rings. The number of ketones is 1. The normalized spacial score (nSPS) is 12.7. The van der Waals surface area contributed by atoms with Gasteiger partial charge in [0.25, 0.3) is 0 Å². The molecule has 6 rings (SSSR count). The third kappa shape index (κ3) is 6.64. The Morgan fingerprint density at radius 3 is 1.59 bits per heavy atom. The Morgan fingerprint density at radius 2 is 1.04 bits per heavy atom. The molecule has 0 aromatic heterocycles. The molecular formula is C44H44O7. The maximum absolute atomic E-state index is 13.6. The Labute approximate surface area is 297 Å². The molecule has 0 amide bonds. The summed E-state index contributed by atoms with van der Waals surface area (Å²) >= 11 is 0. The molecule has 0 aliphatic heterocycles. The van der Waals surface area contributed by atoms with E-state index >= 15 is 0 Å². The molecule has 262 valence electrons. The zero-order valence-corrected chi connectivity index (χ0v) is 29.4. The molecule has 6 aromatic carbocycles. The Bertz CT molecular complexity index is 2260. The monoisotopic (exact) mass is 684 g/mol. The number of carbonyl (C=O) groups excluding carboxylic acids is 1. The van der Waals surface area contributed by atoms with E-state index in [0.29, 0.717) is 51.8 Å². The minimum Gasteiger partial charge on any atom is -0.507 e. The summed E-state index contributed by atoms with van der Waals surface area (Å²) in [4.78, 5) is 13.6. The van der Waals surface area contributed by atoms with Crippen molar-refractivity contribution in [1.82, 2.24) is 0 Å². The van der Waals surface area contributed by atoms with Crippen LogP contribution in [0, 0.1) is 13.8 Å². The number of fused-ring (bicyclic) bond motifs is 2. The highest BCUT2D eigenvalue weighted by Crippen LogP contribution is 2.51. The van der Waals surface area contributed by atoms with Gasteiger partial charge in [0.1, 0.15) is 11.5 Å². The van der Waals surface area contributed by atoms with Gasteiger partial charge in [-0.25, -0.2) is 0 Å². The smallest absolute Gasteiger partial charge is 0.169 e. The molecule has 0 aliphatic rings.